The highest BCUT2D eigenvalue weighted by Crippen LogP contribution is 2.15. The molecular formula is C30H28O2. The molecule has 0 N–H and O–H groups in total. The predicted octanol–water partition coefficient (Wildman–Crippen LogP) is 6.80. The fraction of sp³-hybridized carbons (Fsp3) is 0.233. The maximum absolute atomic E-state index is 12.3. The van der Waals surface area contributed by atoms with Crippen LogP contribution in [0.1, 0.15) is 72.1 Å². The van der Waals surface area contributed by atoms with Crippen LogP contribution in [0.3, 0.4) is 0 Å². The second kappa shape index (κ2) is 12.2. The summed E-state index contributed by atoms with van der Waals surface area (Å²) in [5.74, 6) is 12.8. The van der Waals surface area contributed by atoms with Gasteiger partial charge in [-0.2, -0.15) is 0 Å². The molecule has 32 heavy (non-hydrogen) atoms. The number of carbonyl (C=O) groups excluding carboxylic acids is 1. The molecule has 0 aliphatic rings. The third kappa shape index (κ3) is 7.19. The molecule has 3 aromatic rings. The fourth-order valence-corrected chi connectivity index (χ4v) is 3.08. The van der Waals surface area contributed by atoms with Crippen molar-refractivity contribution in [3.8, 4) is 29.4 Å². The minimum absolute atomic E-state index is 0.357. The van der Waals surface area contributed by atoms with Crippen LogP contribution in [0.15, 0.2) is 72.8 Å². The largest absolute Gasteiger partial charge is 0.423 e. The van der Waals surface area contributed by atoms with Crippen molar-refractivity contribution in [3.05, 3.63) is 101 Å². The van der Waals surface area contributed by atoms with Crippen LogP contribution < -0.4 is 4.74 Å². The summed E-state index contributed by atoms with van der Waals surface area (Å²) in [6.45, 7) is 4.31. The lowest BCUT2D eigenvalue weighted by molar-refractivity contribution is 0.0734. The van der Waals surface area contributed by atoms with Crippen LogP contribution in [-0.4, -0.2) is 5.97 Å². The van der Waals surface area contributed by atoms with Gasteiger partial charge in [0.1, 0.15) is 5.75 Å². The second-order valence-corrected chi connectivity index (χ2v) is 7.59. The molecule has 3 aromatic carbocycles. The molecule has 3 rings (SSSR count). The van der Waals surface area contributed by atoms with E-state index in [0.717, 1.165) is 42.4 Å². The van der Waals surface area contributed by atoms with Crippen LogP contribution in [0.25, 0.3) is 0 Å². The smallest absolute Gasteiger partial charge is 0.343 e. The highest BCUT2D eigenvalue weighted by atomic mass is 16.5. The Balaban J connectivity index is 1.57. The fourth-order valence-electron chi connectivity index (χ4n) is 3.08. The van der Waals surface area contributed by atoms with Crippen molar-refractivity contribution in [2.45, 2.75) is 46.0 Å². The van der Waals surface area contributed by atoms with E-state index in [1.807, 2.05) is 60.7 Å². The number of hydrogen-bond acceptors (Lipinski definition) is 2. The number of unbranched alkanes of at least 4 members (excludes halogenated alkanes) is 2. The summed E-state index contributed by atoms with van der Waals surface area (Å²) in [5, 5.41) is 0. The number of esters is 1. The molecular weight excluding hydrogens is 392 g/mol. The van der Waals surface area contributed by atoms with E-state index in [1.54, 1.807) is 12.1 Å². The molecule has 0 atom stereocenters. The molecule has 0 saturated carbocycles. The minimum atomic E-state index is -0.357. The summed E-state index contributed by atoms with van der Waals surface area (Å²) in [6, 6.07) is 22.8. The van der Waals surface area contributed by atoms with Crippen molar-refractivity contribution in [2.24, 2.45) is 0 Å². The molecule has 0 unspecified atom stereocenters. The summed E-state index contributed by atoms with van der Waals surface area (Å²) >= 11 is 0. The van der Waals surface area contributed by atoms with E-state index < -0.39 is 0 Å². The lowest BCUT2D eigenvalue weighted by Crippen LogP contribution is -2.08. The first-order valence-corrected chi connectivity index (χ1v) is 11.2. The van der Waals surface area contributed by atoms with E-state index >= 15 is 0 Å². The average molecular weight is 421 g/mol. The van der Waals surface area contributed by atoms with Gasteiger partial charge in [-0.15, -0.1) is 0 Å². The zero-order valence-electron chi connectivity index (χ0n) is 18.8. The Kier molecular flexibility index (Phi) is 8.73. The zero-order chi connectivity index (χ0) is 22.6. The lowest BCUT2D eigenvalue weighted by atomic mass is 10.1. The van der Waals surface area contributed by atoms with Gasteiger partial charge in [-0.3, -0.25) is 0 Å². The van der Waals surface area contributed by atoms with Crippen LogP contribution in [0.5, 0.6) is 5.75 Å². The van der Waals surface area contributed by atoms with Gasteiger partial charge >= 0.3 is 5.97 Å². The number of ether oxygens (including phenoxy) is 1. The highest BCUT2D eigenvalue weighted by Gasteiger charge is 2.08. The number of carbonyl (C=O) groups is 1. The summed E-state index contributed by atoms with van der Waals surface area (Å²) in [4.78, 5) is 12.3. The van der Waals surface area contributed by atoms with E-state index in [4.69, 9.17) is 4.74 Å². The Bertz CT molecular complexity index is 1130. The van der Waals surface area contributed by atoms with Crippen molar-refractivity contribution >= 4 is 5.97 Å². The van der Waals surface area contributed by atoms with Gasteiger partial charge in [0.25, 0.3) is 0 Å². The van der Waals surface area contributed by atoms with Crippen LogP contribution >= 0.6 is 0 Å². The summed E-state index contributed by atoms with van der Waals surface area (Å²) in [6.07, 6.45) is 5.34. The van der Waals surface area contributed by atoms with E-state index in [1.165, 1.54) is 12.0 Å². The first kappa shape index (κ1) is 22.9. The number of hydrogen-bond donors (Lipinski definition) is 0. The summed E-state index contributed by atoms with van der Waals surface area (Å²) in [7, 11) is 0. The topological polar surface area (TPSA) is 26.3 Å². The van der Waals surface area contributed by atoms with Crippen molar-refractivity contribution in [2.75, 3.05) is 0 Å². The molecule has 0 amide bonds. The molecule has 0 radical (unpaired) electrons. The third-order valence-electron chi connectivity index (χ3n) is 4.92. The zero-order valence-corrected chi connectivity index (χ0v) is 18.8. The standard InChI is InChI=1S/C30H28O2/c1-3-5-6-7-9-25-10-12-26(13-11-25)14-15-27-18-22-29(23-19-27)32-30(31)28-20-16-24(8-4-2)17-21-28/h10-13,16-23H,3-6,8H2,1-2H3. The SMILES string of the molecule is CCCCC#Cc1ccc(C#Cc2ccc(OC(=O)c3ccc(CCC)cc3)cc2)cc1. The summed E-state index contributed by atoms with van der Waals surface area (Å²) < 4.78 is 5.48. The van der Waals surface area contributed by atoms with E-state index in [-0.39, 0.29) is 5.97 Å². The van der Waals surface area contributed by atoms with Gasteiger partial charge in [0.05, 0.1) is 5.56 Å². The maximum atomic E-state index is 12.3. The van der Waals surface area contributed by atoms with E-state index in [0.29, 0.717) is 11.3 Å². The molecule has 2 heteroatoms. The van der Waals surface area contributed by atoms with Gasteiger partial charge in [-0.1, -0.05) is 62.5 Å². The molecule has 0 aromatic heterocycles. The van der Waals surface area contributed by atoms with Crippen LogP contribution in [0.4, 0.5) is 0 Å². The van der Waals surface area contributed by atoms with Crippen LogP contribution in [0, 0.1) is 23.7 Å². The number of rotatable bonds is 6. The molecule has 0 aliphatic carbocycles. The normalized spacial score (nSPS) is 9.81. The Labute approximate surface area is 191 Å². The summed E-state index contributed by atoms with van der Waals surface area (Å²) in [5.41, 5.74) is 4.58. The van der Waals surface area contributed by atoms with Gasteiger partial charge in [0.15, 0.2) is 0 Å². The predicted molar refractivity (Wildman–Crippen MR) is 131 cm³/mol. The molecule has 0 bridgehead atoms. The quantitative estimate of drug-likeness (QED) is 0.190. The van der Waals surface area contributed by atoms with Crippen molar-refractivity contribution in [1.82, 2.24) is 0 Å². The third-order valence-corrected chi connectivity index (χ3v) is 4.92. The average Bonchev–Trinajstić information content (AvgIpc) is 2.83. The van der Waals surface area contributed by atoms with Gasteiger partial charge in [0, 0.05) is 23.1 Å². The molecule has 0 fully saturated rings. The van der Waals surface area contributed by atoms with Gasteiger partial charge in [-0.05, 0) is 79.1 Å². The van der Waals surface area contributed by atoms with Crippen molar-refractivity contribution in [3.63, 3.8) is 0 Å². The molecule has 160 valence electrons. The van der Waals surface area contributed by atoms with Crippen molar-refractivity contribution < 1.29 is 9.53 Å². The first-order valence-electron chi connectivity index (χ1n) is 11.2. The van der Waals surface area contributed by atoms with Crippen molar-refractivity contribution in [1.29, 1.82) is 0 Å². The van der Waals surface area contributed by atoms with E-state index in [2.05, 4.69) is 37.5 Å². The molecule has 0 heterocycles. The van der Waals surface area contributed by atoms with E-state index in [9.17, 15) is 4.79 Å². The number of aryl methyl sites for hydroxylation is 1. The Morgan fingerprint density at radius 1 is 0.719 bits per heavy atom. The maximum Gasteiger partial charge on any atom is 0.343 e. The molecule has 0 saturated heterocycles. The molecule has 2 nitrogen and oxygen atoms in total. The van der Waals surface area contributed by atoms with Crippen LogP contribution in [0.2, 0.25) is 0 Å². The highest BCUT2D eigenvalue weighted by molar-refractivity contribution is 5.91. The first-order chi connectivity index (χ1) is 15.7. The monoisotopic (exact) mass is 420 g/mol. The second-order valence-electron chi connectivity index (χ2n) is 7.59. The van der Waals surface area contributed by atoms with Gasteiger partial charge in [0.2, 0.25) is 0 Å². The van der Waals surface area contributed by atoms with Gasteiger partial charge < -0.3 is 4.74 Å². The van der Waals surface area contributed by atoms with Gasteiger partial charge in [-0.25, -0.2) is 4.79 Å². The minimum Gasteiger partial charge on any atom is -0.423 e. The molecule has 0 spiro atoms. The Morgan fingerprint density at radius 2 is 1.28 bits per heavy atom. The molecule has 0 aliphatic heterocycles. The lowest BCUT2D eigenvalue weighted by Gasteiger charge is -2.05. The number of benzene rings is 3. The van der Waals surface area contributed by atoms with Crippen LogP contribution in [-0.2, 0) is 6.42 Å². The Hall–Kier alpha value is -3.75. The Morgan fingerprint density at radius 3 is 1.84 bits per heavy atom.